The monoisotopic (exact) mass is 306 g/mol. The third-order valence-electron chi connectivity index (χ3n) is 2.63. The maximum atomic E-state index is 11.7. The Hall–Kier alpha value is -2.08. The van der Waals surface area contributed by atoms with Crippen molar-refractivity contribution in [1.82, 2.24) is 4.98 Å². The van der Waals surface area contributed by atoms with Gasteiger partial charge in [-0.25, -0.2) is 4.98 Å². The van der Waals surface area contributed by atoms with Gasteiger partial charge in [0.2, 0.25) is 5.91 Å². The zero-order valence-corrected chi connectivity index (χ0v) is 12.7. The molecule has 0 aliphatic carbocycles. The van der Waals surface area contributed by atoms with Crippen molar-refractivity contribution in [2.45, 2.75) is 19.8 Å². The Bertz CT molecular complexity index is 558. The summed E-state index contributed by atoms with van der Waals surface area (Å²) in [5.41, 5.74) is 0. The summed E-state index contributed by atoms with van der Waals surface area (Å²) in [6.07, 6.45) is 2.70. The number of nitrogens with one attached hydrogen (secondary N) is 1. The van der Waals surface area contributed by atoms with Gasteiger partial charge in [0.15, 0.2) is 16.6 Å². The minimum atomic E-state index is -0.0494. The molecular weight excluding hydrogens is 288 g/mol. The Labute approximate surface area is 127 Å². The molecule has 0 spiro atoms. The molecule has 0 aliphatic heterocycles. The Balaban J connectivity index is 1.71. The fourth-order valence-electron chi connectivity index (χ4n) is 1.73. The summed E-state index contributed by atoms with van der Waals surface area (Å²) < 4.78 is 11.1. The van der Waals surface area contributed by atoms with Crippen LogP contribution in [0, 0.1) is 0 Å². The maximum absolute atomic E-state index is 11.7. The zero-order valence-electron chi connectivity index (χ0n) is 11.9. The Morgan fingerprint density at radius 1 is 1.29 bits per heavy atom. The smallest absolute Gasteiger partial charge is 0.226 e. The van der Waals surface area contributed by atoms with Crippen LogP contribution in [-0.4, -0.2) is 24.1 Å². The van der Waals surface area contributed by atoms with Crippen LogP contribution in [0.15, 0.2) is 35.8 Å². The summed E-state index contributed by atoms with van der Waals surface area (Å²) in [5.74, 6) is 1.39. The topological polar surface area (TPSA) is 60.5 Å². The van der Waals surface area contributed by atoms with E-state index in [9.17, 15) is 4.79 Å². The van der Waals surface area contributed by atoms with E-state index in [-0.39, 0.29) is 5.91 Å². The van der Waals surface area contributed by atoms with Gasteiger partial charge in [-0.3, -0.25) is 4.79 Å². The number of anilines is 1. The lowest BCUT2D eigenvalue weighted by Gasteiger charge is -2.11. The van der Waals surface area contributed by atoms with Crippen LogP contribution in [0.3, 0.4) is 0 Å². The number of carbonyl (C=O) groups is 1. The molecule has 1 aromatic carbocycles. The van der Waals surface area contributed by atoms with E-state index in [1.165, 1.54) is 11.3 Å². The first-order valence-electron chi connectivity index (χ1n) is 6.83. The van der Waals surface area contributed by atoms with E-state index in [1.54, 1.807) is 6.20 Å². The number of para-hydroxylation sites is 2. The predicted octanol–water partition coefficient (Wildman–Crippen LogP) is 3.34. The third-order valence-corrected chi connectivity index (χ3v) is 3.32. The minimum absolute atomic E-state index is 0.0494. The van der Waals surface area contributed by atoms with Gasteiger partial charge in [-0.05, 0) is 25.5 Å². The fraction of sp³-hybridized carbons (Fsp3) is 0.333. The number of ether oxygens (including phenoxy) is 2. The summed E-state index contributed by atoms with van der Waals surface area (Å²) in [6.45, 7) is 2.99. The highest BCUT2D eigenvalue weighted by atomic mass is 32.1. The molecule has 5 nitrogen and oxygen atoms in total. The van der Waals surface area contributed by atoms with E-state index in [4.69, 9.17) is 9.47 Å². The fourth-order valence-corrected chi connectivity index (χ4v) is 2.27. The molecule has 21 heavy (non-hydrogen) atoms. The van der Waals surface area contributed by atoms with Gasteiger partial charge in [0, 0.05) is 18.0 Å². The zero-order chi connectivity index (χ0) is 14.9. The van der Waals surface area contributed by atoms with Crippen molar-refractivity contribution in [3.05, 3.63) is 35.8 Å². The van der Waals surface area contributed by atoms with Crippen molar-refractivity contribution in [2.24, 2.45) is 0 Å². The highest BCUT2D eigenvalue weighted by Gasteiger charge is 2.06. The number of rotatable bonds is 8. The van der Waals surface area contributed by atoms with E-state index < -0.39 is 0 Å². The normalized spacial score (nSPS) is 10.1. The SMILES string of the molecule is CCOc1ccccc1OCCCC(=O)Nc1nccs1. The molecule has 0 saturated heterocycles. The molecule has 6 heteroatoms. The number of benzene rings is 1. The molecule has 112 valence electrons. The van der Waals surface area contributed by atoms with Crippen LogP contribution < -0.4 is 14.8 Å². The number of amides is 1. The lowest BCUT2D eigenvalue weighted by molar-refractivity contribution is -0.116. The maximum Gasteiger partial charge on any atom is 0.226 e. The highest BCUT2D eigenvalue weighted by molar-refractivity contribution is 7.13. The Morgan fingerprint density at radius 2 is 2.05 bits per heavy atom. The van der Waals surface area contributed by atoms with Crippen molar-refractivity contribution in [1.29, 1.82) is 0 Å². The molecule has 2 aromatic rings. The quantitative estimate of drug-likeness (QED) is 0.760. The van der Waals surface area contributed by atoms with Gasteiger partial charge in [0.1, 0.15) is 0 Å². The van der Waals surface area contributed by atoms with Crippen molar-refractivity contribution < 1.29 is 14.3 Å². The largest absolute Gasteiger partial charge is 0.490 e. The summed E-state index contributed by atoms with van der Waals surface area (Å²) >= 11 is 1.40. The molecule has 1 amide bonds. The van der Waals surface area contributed by atoms with Gasteiger partial charge in [0.25, 0.3) is 0 Å². The first kappa shape index (κ1) is 15.3. The number of hydrogen-bond acceptors (Lipinski definition) is 5. The number of thiazole rings is 1. The van der Waals surface area contributed by atoms with Crippen molar-refractivity contribution in [2.75, 3.05) is 18.5 Å². The molecule has 0 fully saturated rings. The van der Waals surface area contributed by atoms with Crippen LogP contribution in [0.2, 0.25) is 0 Å². The van der Waals surface area contributed by atoms with Crippen molar-refractivity contribution in [3.8, 4) is 11.5 Å². The molecule has 0 atom stereocenters. The summed E-state index contributed by atoms with van der Waals surface area (Å²) in [4.78, 5) is 15.7. The standard InChI is InChI=1S/C15H18N2O3S/c1-2-19-12-6-3-4-7-13(12)20-10-5-8-14(18)17-15-16-9-11-21-15/h3-4,6-7,9,11H,2,5,8,10H2,1H3,(H,16,17,18). The van der Waals surface area contributed by atoms with E-state index in [1.807, 2.05) is 36.6 Å². The van der Waals surface area contributed by atoms with Gasteiger partial charge in [-0.1, -0.05) is 12.1 Å². The van der Waals surface area contributed by atoms with E-state index >= 15 is 0 Å². The Morgan fingerprint density at radius 3 is 2.71 bits per heavy atom. The number of aromatic nitrogens is 1. The van der Waals surface area contributed by atoms with E-state index in [0.717, 1.165) is 5.75 Å². The molecule has 0 saturated carbocycles. The van der Waals surface area contributed by atoms with Crippen LogP contribution in [0.25, 0.3) is 0 Å². The van der Waals surface area contributed by atoms with Gasteiger partial charge in [0.05, 0.1) is 13.2 Å². The van der Waals surface area contributed by atoms with Gasteiger partial charge in [-0.2, -0.15) is 0 Å². The molecule has 2 rings (SSSR count). The second-order valence-electron chi connectivity index (χ2n) is 4.22. The molecular formula is C15H18N2O3S. The van der Waals surface area contributed by atoms with Gasteiger partial charge in [-0.15, -0.1) is 11.3 Å². The number of carbonyl (C=O) groups excluding carboxylic acids is 1. The third kappa shape index (κ3) is 5.07. The van der Waals surface area contributed by atoms with E-state index in [0.29, 0.717) is 36.9 Å². The molecule has 1 heterocycles. The molecule has 1 N–H and O–H groups in total. The predicted molar refractivity (Wildman–Crippen MR) is 83.1 cm³/mol. The summed E-state index contributed by atoms with van der Waals surface area (Å²) in [7, 11) is 0. The lowest BCUT2D eigenvalue weighted by Crippen LogP contribution is -2.12. The van der Waals surface area contributed by atoms with Crippen LogP contribution in [0.5, 0.6) is 11.5 Å². The second kappa shape index (κ2) is 8.26. The van der Waals surface area contributed by atoms with E-state index in [2.05, 4.69) is 10.3 Å². The highest BCUT2D eigenvalue weighted by Crippen LogP contribution is 2.26. The summed E-state index contributed by atoms with van der Waals surface area (Å²) in [5, 5.41) is 5.19. The molecule has 0 radical (unpaired) electrons. The average Bonchev–Trinajstić information content (AvgIpc) is 2.98. The van der Waals surface area contributed by atoms with Crippen LogP contribution >= 0.6 is 11.3 Å². The second-order valence-corrected chi connectivity index (χ2v) is 5.11. The molecule has 1 aromatic heterocycles. The minimum Gasteiger partial charge on any atom is -0.490 e. The number of nitrogens with zero attached hydrogens (tertiary/aromatic N) is 1. The summed E-state index contributed by atoms with van der Waals surface area (Å²) in [6, 6.07) is 7.53. The van der Waals surface area contributed by atoms with Gasteiger partial charge < -0.3 is 14.8 Å². The average molecular weight is 306 g/mol. The van der Waals surface area contributed by atoms with Crippen molar-refractivity contribution in [3.63, 3.8) is 0 Å². The molecule has 0 bridgehead atoms. The number of hydrogen-bond donors (Lipinski definition) is 1. The van der Waals surface area contributed by atoms with Crippen molar-refractivity contribution >= 4 is 22.4 Å². The Kier molecular flexibility index (Phi) is 6.02. The van der Waals surface area contributed by atoms with Crippen LogP contribution in [0.1, 0.15) is 19.8 Å². The van der Waals surface area contributed by atoms with Crippen LogP contribution in [-0.2, 0) is 4.79 Å². The first-order chi connectivity index (χ1) is 10.3. The van der Waals surface area contributed by atoms with Crippen LogP contribution in [0.4, 0.5) is 5.13 Å². The molecule has 0 unspecified atom stereocenters. The lowest BCUT2D eigenvalue weighted by atomic mass is 10.3. The van der Waals surface area contributed by atoms with Gasteiger partial charge >= 0.3 is 0 Å². The molecule has 0 aliphatic rings. The first-order valence-corrected chi connectivity index (χ1v) is 7.71.